The first-order valence-corrected chi connectivity index (χ1v) is 8.21. The van der Waals surface area contributed by atoms with Crippen molar-refractivity contribution in [2.75, 3.05) is 10.6 Å². The molecule has 27 heavy (non-hydrogen) atoms. The Bertz CT molecular complexity index is 837. The number of benzene rings is 2. The highest BCUT2D eigenvalue weighted by Crippen LogP contribution is 2.28. The van der Waals surface area contributed by atoms with Crippen molar-refractivity contribution in [3.05, 3.63) is 53.1 Å². The first-order valence-electron chi connectivity index (χ1n) is 7.83. The van der Waals surface area contributed by atoms with Crippen molar-refractivity contribution in [2.45, 2.75) is 20.2 Å². The minimum Gasteiger partial charge on any atom is -0.406 e. The molecule has 0 atom stereocenters. The zero-order valence-electron chi connectivity index (χ0n) is 14.4. The van der Waals surface area contributed by atoms with E-state index in [0.29, 0.717) is 0 Å². The lowest BCUT2D eigenvalue weighted by Crippen LogP contribution is -2.21. The summed E-state index contributed by atoms with van der Waals surface area (Å²) >= 11 is 6.09. The van der Waals surface area contributed by atoms with Gasteiger partial charge in [0, 0.05) is 11.6 Å². The molecule has 0 heterocycles. The SMILES string of the molecule is CC(C)C(=O)Nc1c(Cl)cccc1C(=O)Nc1ccc(OC(F)(F)F)cc1. The fourth-order valence-electron chi connectivity index (χ4n) is 2.05. The van der Waals surface area contributed by atoms with Crippen molar-refractivity contribution in [3.8, 4) is 5.75 Å². The Morgan fingerprint density at radius 1 is 1.04 bits per heavy atom. The Morgan fingerprint density at radius 2 is 1.67 bits per heavy atom. The highest BCUT2D eigenvalue weighted by atomic mass is 35.5. The predicted molar refractivity (Wildman–Crippen MR) is 96.0 cm³/mol. The van der Waals surface area contributed by atoms with Crippen molar-refractivity contribution in [1.29, 1.82) is 0 Å². The Hall–Kier alpha value is -2.74. The molecule has 2 aromatic carbocycles. The molecule has 0 saturated heterocycles. The van der Waals surface area contributed by atoms with Crippen LogP contribution in [0, 0.1) is 5.92 Å². The second-order valence-corrected chi connectivity index (χ2v) is 6.24. The van der Waals surface area contributed by atoms with E-state index in [9.17, 15) is 22.8 Å². The maximum atomic E-state index is 12.5. The summed E-state index contributed by atoms with van der Waals surface area (Å²) in [6.07, 6.45) is -4.80. The maximum absolute atomic E-state index is 12.5. The number of halogens is 4. The molecule has 0 unspecified atom stereocenters. The zero-order chi connectivity index (χ0) is 20.2. The summed E-state index contributed by atoms with van der Waals surface area (Å²) in [4.78, 5) is 24.5. The van der Waals surface area contributed by atoms with E-state index in [1.807, 2.05) is 0 Å². The summed E-state index contributed by atoms with van der Waals surface area (Å²) in [5.74, 6) is -1.63. The summed E-state index contributed by atoms with van der Waals surface area (Å²) in [7, 11) is 0. The largest absolute Gasteiger partial charge is 0.573 e. The second kappa shape index (κ2) is 8.30. The average molecular weight is 401 g/mol. The van der Waals surface area contributed by atoms with Gasteiger partial charge in [-0.15, -0.1) is 13.2 Å². The lowest BCUT2D eigenvalue weighted by atomic mass is 10.1. The highest BCUT2D eigenvalue weighted by Gasteiger charge is 2.31. The van der Waals surface area contributed by atoms with Crippen molar-refractivity contribution in [1.82, 2.24) is 0 Å². The van der Waals surface area contributed by atoms with Crippen molar-refractivity contribution >= 4 is 34.8 Å². The van der Waals surface area contributed by atoms with Crippen LogP contribution in [0.25, 0.3) is 0 Å². The maximum Gasteiger partial charge on any atom is 0.573 e. The molecule has 0 radical (unpaired) electrons. The number of hydrogen-bond donors (Lipinski definition) is 2. The molecule has 5 nitrogen and oxygen atoms in total. The van der Waals surface area contributed by atoms with Crippen LogP contribution in [0.4, 0.5) is 24.5 Å². The fourth-order valence-corrected chi connectivity index (χ4v) is 2.27. The van der Waals surface area contributed by atoms with Crippen molar-refractivity contribution in [3.63, 3.8) is 0 Å². The number of amides is 2. The summed E-state index contributed by atoms with van der Waals surface area (Å²) < 4.78 is 40.3. The van der Waals surface area contributed by atoms with E-state index in [0.717, 1.165) is 12.1 Å². The van der Waals surface area contributed by atoms with Crippen LogP contribution in [0.15, 0.2) is 42.5 Å². The number of hydrogen-bond acceptors (Lipinski definition) is 3. The summed E-state index contributed by atoms with van der Waals surface area (Å²) in [5, 5.41) is 5.32. The molecular formula is C18H16ClF3N2O3. The van der Waals surface area contributed by atoms with Gasteiger partial charge in [-0.2, -0.15) is 0 Å². The number of nitrogens with one attached hydrogen (secondary N) is 2. The zero-order valence-corrected chi connectivity index (χ0v) is 15.1. The fraction of sp³-hybridized carbons (Fsp3) is 0.222. The van der Waals surface area contributed by atoms with Gasteiger partial charge in [0.25, 0.3) is 5.91 Å². The van der Waals surface area contributed by atoms with E-state index < -0.39 is 18.0 Å². The third-order valence-electron chi connectivity index (χ3n) is 3.38. The number of rotatable bonds is 5. The molecule has 0 fully saturated rings. The standard InChI is InChI=1S/C18H16ClF3N2O3/c1-10(2)16(25)24-15-13(4-3-5-14(15)19)17(26)23-11-6-8-12(9-7-11)27-18(20,21)22/h3-10H,1-2H3,(H,23,26)(H,24,25). The molecule has 0 aromatic heterocycles. The van der Waals surface area contributed by atoms with Crippen LogP contribution in [0.3, 0.4) is 0 Å². The van der Waals surface area contributed by atoms with E-state index in [-0.39, 0.29) is 33.8 Å². The monoisotopic (exact) mass is 400 g/mol. The molecule has 144 valence electrons. The summed E-state index contributed by atoms with van der Waals surface area (Å²) in [5.41, 5.74) is 0.523. The lowest BCUT2D eigenvalue weighted by Gasteiger charge is -2.14. The van der Waals surface area contributed by atoms with Gasteiger partial charge >= 0.3 is 6.36 Å². The molecule has 2 amide bonds. The lowest BCUT2D eigenvalue weighted by molar-refractivity contribution is -0.274. The van der Waals surface area contributed by atoms with Crippen LogP contribution >= 0.6 is 11.6 Å². The van der Waals surface area contributed by atoms with Crippen LogP contribution < -0.4 is 15.4 Å². The topological polar surface area (TPSA) is 67.4 Å². The van der Waals surface area contributed by atoms with E-state index >= 15 is 0 Å². The number of ether oxygens (including phenoxy) is 1. The van der Waals surface area contributed by atoms with Gasteiger partial charge in [-0.3, -0.25) is 9.59 Å². The Kier molecular flexibility index (Phi) is 6.32. The Balaban J connectivity index is 2.18. The minimum atomic E-state index is -4.80. The van der Waals surface area contributed by atoms with Crippen LogP contribution in [-0.4, -0.2) is 18.2 Å². The predicted octanol–water partition coefficient (Wildman–Crippen LogP) is 5.09. The Labute approximate surface area is 158 Å². The Morgan fingerprint density at radius 3 is 2.22 bits per heavy atom. The molecule has 0 bridgehead atoms. The summed E-state index contributed by atoms with van der Waals surface area (Å²) in [6, 6.07) is 9.20. The second-order valence-electron chi connectivity index (χ2n) is 5.83. The number of alkyl halides is 3. The molecule has 9 heteroatoms. The molecule has 0 spiro atoms. The van der Waals surface area contributed by atoms with Crippen LogP contribution in [0.1, 0.15) is 24.2 Å². The molecule has 0 aliphatic carbocycles. The third-order valence-corrected chi connectivity index (χ3v) is 3.69. The first kappa shape index (κ1) is 20.6. The summed E-state index contributed by atoms with van der Waals surface area (Å²) in [6.45, 7) is 3.38. The molecule has 2 aromatic rings. The molecule has 0 aliphatic heterocycles. The van der Waals surface area contributed by atoms with E-state index in [2.05, 4.69) is 15.4 Å². The van der Waals surface area contributed by atoms with Gasteiger partial charge in [-0.1, -0.05) is 31.5 Å². The van der Waals surface area contributed by atoms with Gasteiger partial charge in [0.15, 0.2) is 0 Å². The third kappa shape index (κ3) is 5.89. The molecule has 2 N–H and O–H groups in total. The van der Waals surface area contributed by atoms with Crippen molar-refractivity contribution < 1.29 is 27.5 Å². The van der Waals surface area contributed by atoms with Gasteiger partial charge in [0.1, 0.15) is 5.75 Å². The number of anilines is 2. The molecular weight excluding hydrogens is 385 g/mol. The van der Waals surface area contributed by atoms with Gasteiger partial charge in [0.2, 0.25) is 5.91 Å². The van der Waals surface area contributed by atoms with Gasteiger partial charge in [0.05, 0.1) is 16.3 Å². The highest BCUT2D eigenvalue weighted by molar-refractivity contribution is 6.35. The van der Waals surface area contributed by atoms with Crippen molar-refractivity contribution in [2.24, 2.45) is 5.92 Å². The van der Waals surface area contributed by atoms with E-state index in [4.69, 9.17) is 11.6 Å². The smallest absolute Gasteiger partial charge is 0.406 e. The first-order chi connectivity index (χ1) is 12.6. The van der Waals surface area contributed by atoms with Crippen LogP contribution in [0.5, 0.6) is 5.75 Å². The minimum absolute atomic E-state index is 0.118. The van der Waals surface area contributed by atoms with Crippen LogP contribution in [0.2, 0.25) is 5.02 Å². The molecule has 2 rings (SSSR count). The molecule has 0 saturated carbocycles. The number of para-hydroxylation sites is 1. The van der Waals surface area contributed by atoms with Crippen LogP contribution in [-0.2, 0) is 4.79 Å². The number of carbonyl (C=O) groups is 2. The molecule has 0 aliphatic rings. The number of carbonyl (C=O) groups excluding carboxylic acids is 2. The van der Waals surface area contributed by atoms with Gasteiger partial charge in [-0.25, -0.2) is 0 Å². The van der Waals surface area contributed by atoms with Gasteiger partial charge < -0.3 is 15.4 Å². The normalized spacial score (nSPS) is 11.2. The quantitative estimate of drug-likeness (QED) is 0.735. The van der Waals surface area contributed by atoms with E-state index in [1.54, 1.807) is 19.9 Å². The average Bonchev–Trinajstić information content (AvgIpc) is 2.56. The van der Waals surface area contributed by atoms with Gasteiger partial charge in [-0.05, 0) is 36.4 Å². The van der Waals surface area contributed by atoms with E-state index in [1.165, 1.54) is 24.3 Å².